The maximum absolute atomic E-state index is 12.7. The maximum Gasteiger partial charge on any atom is 0.335 e. The second kappa shape index (κ2) is 7.95. The maximum atomic E-state index is 12.7. The first kappa shape index (κ1) is 20.7. The number of azide groups is 1. The van der Waals surface area contributed by atoms with Crippen molar-refractivity contribution < 1.29 is 19.4 Å². The normalized spacial score (nSPS) is 22.3. The largest absolute Gasteiger partial charge is 0.443 e. The summed E-state index contributed by atoms with van der Waals surface area (Å²) in [5, 5.41) is 12.9. The van der Waals surface area contributed by atoms with Crippen LogP contribution in [-0.4, -0.2) is 39.0 Å². The number of ether oxygens (including phenoxy) is 2. The van der Waals surface area contributed by atoms with Gasteiger partial charge in [0.15, 0.2) is 6.73 Å². The Balaban J connectivity index is 2.36. The SMILES string of the molecule is Cc1cn([C@H]2C[C@H](N=[N+]=[N-])[C@@H](CO)O2)c(=O)n(COC(=O)C(C)(C)C)c1=O. The van der Waals surface area contributed by atoms with Crippen molar-refractivity contribution in [2.45, 2.75) is 59.2 Å². The lowest BCUT2D eigenvalue weighted by Crippen LogP contribution is -2.43. The Bertz CT molecular complexity index is 877. The van der Waals surface area contributed by atoms with E-state index in [-0.39, 0.29) is 18.6 Å². The smallest absolute Gasteiger partial charge is 0.335 e. The van der Waals surface area contributed by atoms with E-state index in [1.165, 1.54) is 17.7 Å². The molecule has 0 aliphatic carbocycles. The lowest BCUT2D eigenvalue weighted by molar-refractivity contribution is -0.157. The van der Waals surface area contributed by atoms with E-state index in [9.17, 15) is 19.5 Å². The van der Waals surface area contributed by atoms with Crippen LogP contribution < -0.4 is 11.2 Å². The van der Waals surface area contributed by atoms with Crippen molar-refractivity contribution in [2.75, 3.05) is 6.61 Å². The Kier molecular flexibility index (Phi) is 6.09. The van der Waals surface area contributed by atoms with Gasteiger partial charge in [-0.2, -0.15) is 0 Å². The van der Waals surface area contributed by atoms with Crippen molar-refractivity contribution in [1.82, 2.24) is 9.13 Å². The summed E-state index contributed by atoms with van der Waals surface area (Å²) >= 11 is 0. The Morgan fingerprint density at radius 3 is 2.70 bits per heavy atom. The molecule has 0 bridgehead atoms. The third kappa shape index (κ3) is 4.38. The van der Waals surface area contributed by atoms with Gasteiger partial charge in [-0.25, -0.2) is 9.36 Å². The van der Waals surface area contributed by atoms with E-state index in [1.54, 1.807) is 20.8 Å². The molecule has 148 valence electrons. The third-order valence-corrected chi connectivity index (χ3v) is 4.20. The zero-order valence-electron chi connectivity index (χ0n) is 15.7. The molecule has 1 aliphatic rings. The first-order chi connectivity index (χ1) is 12.6. The van der Waals surface area contributed by atoms with Crippen molar-refractivity contribution in [3.05, 3.63) is 43.0 Å². The summed E-state index contributed by atoms with van der Waals surface area (Å²) in [5.41, 5.74) is 6.78. The van der Waals surface area contributed by atoms with Gasteiger partial charge >= 0.3 is 11.7 Å². The molecule has 1 aromatic heterocycles. The fourth-order valence-corrected chi connectivity index (χ4v) is 2.66. The monoisotopic (exact) mass is 381 g/mol. The average molecular weight is 381 g/mol. The van der Waals surface area contributed by atoms with Crippen LogP contribution in [0.25, 0.3) is 10.4 Å². The van der Waals surface area contributed by atoms with E-state index in [1.807, 2.05) is 0 Å². The minimum atomic E-state index is -0.825. The number of hydrogen-bond acceptors (Lipinski definition) is 7. The summed E-state index contributed by atoms with van der Waals surface area (Å²) < 4.78 is 12.7. The molecule has 1 saturated heterocycles. The van der Waals surface area contributed by atoms with Crippen LogP contribution in [0.1, 0.15) is 39.0 Å². The van der Waals surface area contributed by atoms with Gasteiger partial charge in [0.05, 0.1) is 24.2 Å². The molecule has 1 aromatic rings. The number of aryl methyl sites for hydroxylation is 1. The molecule has 11 heteroatoms. The van der Waals surface area contributed by atoms with Gasteiger partial charge in [0.2, 0.25) is 0 Å². The number of aromatic nitrogens is 2. The Morgan fingerprint density at radius 1 is 1.48 bits per heavy atom. The Labute approximate surface area is 154 Å². The van der Waals surface area contributed by atoms with Gasteiger partial charge in [-0.1, -0.05) is 5.11 Å². The van der Waals surface area contributed by atoms with Gasteiger partial charge in [-0.15, -0.1) is 0 Å². The molecule has 3 atom stereocenters. The zero-order chi connectivity index (χ0) is 20.4. The summed E-state index contributed by atoms with van der Waals surface area (Å²) in [6.45, 7) is 5.59. The number of aliphatic hydroxyl groups excluding tert-OH is 1. The van der Waals surface area contributed by atoms with E-state index in [2.05, 4.69) is 10.0 Å². The third-order valence-electron chi connectivity index (χ3n) is 4.20. The van der Waals surface area contributed by atoms with Gasteiger partial charge in [0.1, 0.15) is 6.23 Å². The highest BCUT2D eigenvalue weighted by Crippen LogP contribution is 2.29. The Morgan fingerprint density at radius 2 is 2.15 bits per heavy atom. The minimum absolute atomic E-state index is 0.161. The summed E-state index contributed by atoms with van der Waals surface area (Å²) in [6.07, 6.45) is -0.0786. The highest BCUT2D eigenvalue weighted by Gasteiger charge is 2.36. The second-order valence-electron chi connectivity index (χ2n) is 7.37. The van der Waals surface area contributed by atoms with Crippen LogP contribution in [0.3, 0.4) is 0 Å². The molecule has 0 radical (unpaired) electrons. The van der Waals surface area contributed by atoms with Gasteiger partial charge in [0.25, 0.3) is 5.56 Å². The molecule has 2 heterocycles. The lowest BCUT2D eigenvalue weighted by Gasteiger charge is -2.19. The quantitative estimate of drug-likeness (QED) is 0.345. The first-order valence-electron chi connectivity index (χ1n) is 8.40. The highest BCUT2D eigenvalue weighted by molar-refractivity contribution is 5.75. The highest BCUT2D eigenvalue weighted by atomic mass is 16.5. The van der Waals surface area contributed by atoms with Crippen molar-refractivity contribution in [3.63, 3.8) is 0 Å². The molecular formula is C16H23N5O6. The number of rotatable bonds is 5. The van der Waals surface area contributed by atoms with Gasteiger partial charge in [0, 0.05) is 23.1 Å². The van der Waals surface area contributed by atoms with Crippen molar-refractivity contribution in [3.8, 4) is 0 Å². The van der Waals surface area contributed by atoms with Crippen LogP contribution in [-0.2, 0) is 21.0 Å². The van der Waals surface area contributed by atoms with Crippen molar-refractivity contribution >= 4 is 5.97 Å². The molecule has 0 saturated carbocycles. The predicted molar refractivity (Wildman–Crippen MR) is 93.8 cm³/mol. The van der Waals surface area contributed by atoms with E-state index in [0.29, 0.717) is 0 Å². The Hall–Kier alpha value is -2.62. The van der Waals surface area contributed by atoms with Crippen LogP contribution in [0.15, 0.2) is 20.9 Å². The van der Waals surface area contributed by atoms with Crippen LogP contribution >= 0.6 is 0 Å². The summed E-state index contributed by atoms with van der Waals surface area (Å²) in [7, 11) is 0. The molecule has 1 fully saturated rings. The van der Waals surface area contributed by atoms with Crippen molar-refractivity contribution in [1.29, 1.82) is 0 Å². The summed E-state index contributed by atoms with van der Waals surface area (Å²) in [6, 6.07) is -0.642. The van der Waals surface area contributed by atoms with E-state index in [4.69, 9.17) is 15.0 Å². The molecule has 11 nitrogen and oxygen atoms in total. The number of nitrogens with zero attached hydrogens (tertiary/aromatic N) is 5. The predicted octanol–water partition coefficient (Wildman–Crippen LogP) is 0.824. The van der Waals surface area contributed by atoms with E-state index >= 15 is 0 Å². The summed E-state index contributed by atoms with van der Waals surface area (Å²) in [5.74, 6) is -0.553. The number of carbonyl (C=O) groups excluding carboxylic acids is 1. The molecule has 0 amide bonds. The fraction of sp³-hybridized carbons (Fsp3) is 0.688. The molecule has 0 spiro atoms. The molecule has 2 rings (SSSR count). The molecular weight excluding hydrogens is 358 g/mol. The molecule has 0 unspecified atom stereocenters. The first-order valence-corrected chi connectivity index (χ1v) is 8.40. The minimum Gasteiger partial charge on any atom is -0.443 e. The lowest BCUT2D eigenvalue weighted by atomic mass is 9.98. The van der Waals surface area contributed by atoms with Crippen molar-refractivity contribution in [2.24, 2.45) is 10.5 Å². The van der Waals surface area contributed by atoms with Gasteiger partial charge < -0.3 is 14.6 Å². The molecule has 0 aromatic carbocycles. The summed E-state index contributed by atoms with van der Waals surface area (Å²) in [4.78, 5) is 39.7. The zero-order valence-corrected chi connectivity index (χ0v) is 15.7. The van der Waals surface area contributed by atoms with E-state index in [0.717, 1.165) is 4.57 Å². The van der Waals surface area contributed by atoms with E-state index < -0.39 is 47.7 Å². The van der Waals surface area contributed by atoms with Gasteiger partial charge in [-0.05, 0) is 33.2 Å². The second-order valence-corrected chi connectivity index (χ2v) is 7.37. The number of carbonyl (C=O) groups is 1. The number of hydrogen-bond donors (Lipinski definition) is 1. The molecule has 1 aliphatic heterocycles. The van der Waals surface area contributed by atoms with Crippen LogP contribution in [0.5, 0.6) is 0 Å². The number of aliphatic hydroxyl groups is 1. The van der Waals surface area contributed by atoms with Crippen LogP contribution in [0, 0.1) is 12.3 Å². The number of esters is 1. The molecule has 1 N–H and O–H groups in total. The fourth-order valence-electron chi connectivity index (χ4n) is 2.66. The standard InChI is InChI=1S/C16H23N5O6/c1-9-6-20(12-5-10(18-19-17)11(7-22)27-12)15(25)21(13(9)23)8-26-14(24)16(2,3)4/h6,10-12,22H,5,7-8H2,1-4H3/t10-,11+,12+/m0/s1. The van der Waals surface area contributed by atoms with Crippen LogP contribution in [0.2, 0.25) is 0 Å². The molecule has 27 heavy (non-hydrogen) atoms. The van der Waals surface area contributed by atoms with Gasteiger partial charge in [-0.3, -0.25) is 14.2 Å². The topological polar surface area (TPSA) is 149 Å². The average Bonchev–Trinajstić information content (AvgIpc) is 3.00. The van der Waals surface area contributed by atoms with Crippen LogP contribution in [0.4, 0.5) is 0 Å².